The third-order valence-corrected chi connectivity index (χ3v) is 2.41. The Balaban J connectivity index is 2.20. The van der Waals surface area contributed by atoms with E-state index in [9.17, 15) is 0 Å². The van der Waals surface area contributed by atoms with Gasteiger partial charge in [0.1, 0.15) is 0 Å². The molecule has 0 saturated carbocycles. The molecule has 0 heterocycles. The number of rotatable bonds is 1. The molecule has 11 heavy (non-hydrogen) atoms. The lowest BCUT2D eigenvalue weighted by atomic mass is 10.0. The van der Waals surface area contributed by atoms with Crippen LogP contribution in [0, 0.1) is 11.8 Å². The molecule has 0 radical (unpaired) electrons. The van der Waals surface area contributed by atoms with Crippen LogP contribution in [0.3, 0.4) is 0 Å². The molecule has 2 aliphatic rings. The predicted octanol–water partition coefficient (Wildman–Crippen LogP) is 3.08. The summed E-state index contributed by atoms with van der Waals surface area (Å²) in [6.07, 6.45) is 10.7. The zero-order valence-electron chi connectivity index (χ0n) is 7.17. The zero-order valence-corrected chi connectivity index (χ0v) is 7.17. The summed E-state index contributed by atoms with van der Waals surface area (Å²) < 4.78 is 0. The fraction of sp³-hybridized carbons (Fsp3) is 0.455. The van der Waals surface area contributed by atoms with Crippen molar-refractivity contribution in [3.63, 3.8) is 0 Å². The topological polar surface area (TPSA) is 0 Å². The Morgan fingerprint density at radius 1 is 1.45 bits per heavy atom. The molecule has 2 unspecified atom stereocenters. The quantitative estimate of drug-likeness (QED) is 0.499. The summed E-state index contributed by atoms with van der Waals surface area (Å²) in [6, 6.07) is 0. The van der Waals surface area contributed by atoms with E-state index in [4.69, 9.17) is 0 Å². The Kier molecular flexibility index (Phi) is 1.49. The van der Waals surface area contributed by atoms with Crippen LogP contribution in [0.15, 0.2) is 35.5 Å². The van der Waals surface area contributed by atoms with E-state index in [1.54, 1.807) is 0 Å². The van der Waals surface area contributed by atoms with E-state index in [2.05, 4.69) is 38.2 Å². The van der Waals surface area contributed by atoms with E-state index in [1.165, 1.54) is 17.6 Å². The molecule has 2 atom stereocenters. The van der Waals surface area contributed by atoms with Gasteiger partial charge in [0.05, 0.1) is 0 Å². The Labute approximate surface area is 68.3 Å². The second kappa shape index (κ2) is 2.37. The van der Waals surface area contributed by atoms with E-state index in [0.717, 1.165) is 11.8 Å². The van der Waals surface area contributed by atoms with Gasteiger partial charge in [-0.05, 0) is 31.8 Å². The minimum absolute atomic E-state index is 0.745. The molecule has 0 amide bonds. The van der Waals surface area contributed by atoms with Crippen molar-refractivity contribution in [1.29, 1.82) is 0 Å². The first kappa shape index (κ1) is 6.90. The number of hydrogen-bond acceptors (Lipinski definition) is 0. The van der Waals surface area contributed by atoms with Crippen molar-refractivity contribution < 1.29 is 0 Å². The van der Waals surface area contributed by atoms with Crippen molar-refractivity contribution in [2.75, 3.05) is 0 Å². The highest BCUT2D eigenvalue weighted by molar-refractivity contribution is 5.38. The van der Waals surface area contributed by atoms with Gasteiger partial charge in [0.25, 0.3) is 0 Å². The summed E-state index contributed by atoms with van der Waals surface area (Å²) in [4.78, 5) is 0. The Morgan fingerprint density at radius 2 is 2.27 bits per heavy atom. The van der Waals surface area contributed by atoms with Gasteiger partial charge < -0.3 is 0 Å². The molecule has 0 aromatic carbocycles. The van der Waals surface area contributed by atoms with Gasteiger partial charge in [-0.3, -0.25) is 0 Å². The lowest BCUT2D eigenvalue weighted by molar-refractivity contribution is 0.720. The maximum Gasteiger partial charge on any atom is 0.00238 e. The van der Waals surface area contributed by atoms with Crippen LogP contribution in [-0.2, 0) is 0 Å². The number of allylic oxidation sites excluding steroid dienone is 6. The SMILES string of the molecule is CC(C)=CC1=CC2C=CC1C2. The van der Waals surface area contributed by atoms with Crippen LogP contribution >= 0.6 is 0 Å². The van der Waals surface area contributed by atoms with Crippen LogP contribution in [0.25, 0.3) is 0 Å². The van der Waals surface area contributed by atoms with Crippen molar-refractivity contribution in [3.05, 3.63) is 35.5 Å². The first-order chi connectivity index (χ1) is 5.25. The van der Waals surface area contributed by atoms with E-state index in [0.29, 0.717) is 0 Å². The first-order valence-electron chi connectivity index (χ1n) is 4.30. The molecule has 0 aromatic heterocycles. The highest BCUT2D eigenvalue weighted by Crippen LogP contribution is 2.38. The van der Waals surface area contributed by atoms with E-state index in [-0.39, 0.29) is 0 Å². The molecule has 0 aromatic rings. The summed E-state index contributed by atoms with van der Waals surface area (Å²) in [6.45, 7) is 4.33. The van der Waals surface area contributed by atoms with Gasteiger partial charge in [-0.1, -0.05) is 29.9 Å². The molecule has 2 bridgehead atoms. The molecular formula is C11H14. The van der Waals surface area contributed by atoms with E-state index < -0.39 is 0 Å². The average molecular weight is 146 g/mol. The summed E-state index contributed by atoms with van der Waals surface area (Å²) >= 11 is 0. The third kappa shape index (κ3) is 1.18. The molecule has 0 heteroatoms. The van der Waals surface area contributed by atoms with Gasteiger partial charge in [-0.25, -0.2) is 0 Å². The Bertz CT molecular complexity index is 249. The Hall–Kier alpha value is -0.780. The standard InChI is InChI=1S/C11H14/c1-8(2)5-11-7-9-3-4-10(11)6-9/h3-5,7,9-10H,6H2,1-2H3. The maximum absolute atomic E-state index is 2.40. The highest BCUT2D eigenvalue weighted by Gasteiger charge is 2.26. The molecule has 58 valence electrons. The van der Waals surface area contributed by atoms with Crippen LogP contribution in [0.5, 0.6) is 0 Å². The second-order valence-corrected chi connectivity index (χ2v) is 3.78. The van der Waals surface area contributed by atoms with Crippen LogP contribution in [0.1, 0.15) is 20.3 Å². The lowest BCUT2D eigenvalue weighted by Crippen LogP contribution is -1.89. The van der Waals surface area contributed by atoms with Crippen molar-refractivity contribution in [3.8, 4) is 0 Å². The van der Waals surface area contributed by atoms with Gasteiger partial charge in [0.2, 0.25) is 0 Å². The number of fused-ring (bicyclic) bond motifs is 2. The van der Waals surface area contributed by atoms with Gasteiger partial charge in [0, 0.05) is 5.92 Å². The molecule has 0 aliphatic heterocycles. The molecule has 0 spiro atoms. The highest BCUT2D eigenvalue weighted by atomic mass is 14.3. The molecular weight excluding hydrogens is 132 g/mol. The smallest absolute Gasteiger partial charge is 0.00238 e. The summed E-state index contributed by atoms with van der Waals surface area (Å²) in [5.74, 6) is 1.50. The van der Waals surface area contributed by atoms with E-state index in [1.807, 2.05) is 0 Å². The second-order valence-electron chi connectivity index (χ2n) is 3.78. The average Bonchev–Trinajstić information content (AvgIpc) is 2.45. The number of hydrogen-bond donors (Lipinski definition) is 0. The van der Waals surface area contributed by atoms with Crippen molar-refractivity contribution in [2.24, 2.45) is 11.8 Å². The maximum atomic E-state index is 2.40. The fourth-order valence-electron chi connectivity index (χ4n) is 1.96. The molecule has 2 rings (SSSR count). The normalized spacial score (nSPS) is 32.4. The van der Waals surface area contributed by atoms with Crippen LogP contribution in [0.4, 0.5) is 0 Å². The minimum Gasteiger partial charge on any atom is -0.0810 e. The largest absolute Gasteiger partial charge is 0.0810 e. The zero-order chi connectivity index (χ0) is 7.84. The van der Waals surface area contributed by atoms with Gasteiger partial charge in [0.15, 0.2) is 0 Å². The molecule has 2 aliphatic carbocycles. The lowest BCUT2D eigenvalue weighted by Gasteiger charge is -2.04. The van der Waals surface area contributed by atoms with Crippen molar-refractivity contribution in [2.45, 2.75) is 20.3 Å². The molecule has 0 saturated heterocycles. The summed E-state index contributed by atoms with van der Waals surface area (Å²) in [5.41, 5.74) is 2.95. The first-order valence-corrected chi connectivity index (χ1v) is 4.30. The van der Waals surface area contributed by atoms with Gasteiger partial charge in [-0.15, -0.1) is 0 Å². The summed E-state index contributed by atoms with van der Waals surface area (Å²) in [7, 11) is 0. The van der Waals surface area contributed by atoms with Gasteiger partial charge >= 0.3 is 0 Å². The van der Waals surface area contributed by atoms with Crippen LogP contribution in [-0.4, -0.2) is 0 Å². The fourth-order valence-corrected chi connectivity index (χ4v) is 1.96. The van der Waals surface area contributed by atoms with Gasteiger partial charge in [-0.2, -0.15) is 0 Å². The molecule has 0 nitrogen and oxygen atoms in total. The monoisotopic (exact) mass is 146 g/mol. The minimum atomic E-state index is 0.745. The van der Waals surface area contributed by atoms with Crippen LogP contribution < -0.4 is 0 Å². The Morgan fingerprint density at radius 3 is 2.73 bits per heavy atom. The summed E-state index contributed by atoms with van der Waals surface area (Å²) in [5, 5.41) is 0. The predicted molar refractivity (Wildman–Crippen MR) is 48.3 cm³/mol. The third-order valence-electron chi connectivity index (χ3n) is 2.41. The van der Waals surface area contributed by atoms with Crippen LogP contribution in [0.2, 0.25) is 0 Å². The van der Waals surface area contributed by atoms with E-state index >= 15 is 0 Å². The van der Waals surface area contributed by atoms with Crippen molar-refractivity contribution >= 4 is 0 Å². The molecule has 0 fully saturated rings. The molecule has 0 N–H and O–H groups in total. The van der Waals surface area contributed by atoms with Crippen molar-refractivity contribution in [1.82, 2.24) is 0 Å².